The summed E-state index contributed by atoms with van der Waals surface area (Å²) in [6, 6.07) is 0. The van der Waals surface area contributed by atoms with Crippen LogP contribution in [0.4, 0.5) is 0 Å². The van der Waals surface area contributed by atoms with E-state index < -0.39 is 0 Å². The Hall–Kier alpha value is 0.500. The number of rotatable bonds is 13. The van der Waals surface area contributed by atoms with Gasteiger partial charge in [0.05, 0.1) is 0 Å². The number of nitrogens with zero attached hydrogens (tertiary/aromatic N) is 1. The van der Waals surface area contributed by atoms with Crippen LogP contribution in [0.1, 0.15) is 98.3 Å². The normalized spacial score (nSPS) is 14.6. The van der Waals surface area contributed by atoms with Crippen molar-refractivity contribution in [3.8, 4) is 0 Å². The van der Waals surface area contributed by atoms with Crippen molar-refractivity contribution in [3.63, 3.8) is 0 Å². The zero-order valence-corrected chi connectivity index (χ0v) is 16.1. The third kappa shape index (κ3) is 10.8. The number of hydroxylamine groups is 2. The van der Waals surface area contributed by atoms with Gasteiger partial charge in [0.2, 0.25) is 11.8 Å². The molecule has 130 valence electrons. The molecule has 0 aliphatic carbocycles. The lowest BCUT2D eigenvalue weighted by Crippen LogP contribution is -3.00. The molecule has 0 aliphatic heterocycles. The Morgan fingerprint density at radius 3 is 1.67 bits per heavy atom. The smallest absolute Gasteiger partial charge is 0.205 e. The highest BCUT2D eigenvalue weighted by Gasteiger charge is 2.42. The van der Waals surface area contributed by atoms with Crippen molar-refractivity contribution < 1.29 is 21.8 Å². The summed E-state index contributed by atoms with van der Waals surface area (Å²) in [5, 5.41) is 10.3. The van der Waals surface area contributed by atoms with Gasteiger partial charge in [0.25, 0.3) is 0 Å². The Morgan fingerprint density at radius 2 is 1.24 bits per heavy atom. The molecule has 0 saturated carbocycles. The molecule has 0 amide bonds. The fourth-order valence-corrected chi connectivity index (χ4v) is 2.89. The van der Waals surface area contributed by atoms with E-state index in [4.69, 9.17) is 11.8 Å². The van der Waals surface area contributed by atoms with Crippen molar-refractivity contribution in [1.29, 1.82) is 0 Å². The Morgan fingerprint density at radius 1 is 0.810 bits per heavy atom. The quantitative estimate of drug-likeness (QED) is 0.309. The van der Waals surface area contributed by atoms with Crippen LogP contribution in [-0.4, -0.2) is 21.5 Å². The van der Waals surface area contributed by atoms with Gasteiger partial charge in [-0.1, -0.05) is 69.4 Å². The summed E-state index contributed by atoms with van der Waals surface area (Å²) in [7, 11) is 0. The minimum Gasteiger partial charge on any atom is -1.00 e. The first kappa shape index (κ1) is 23.8. The van der Waals surface area contributed by atoms with Crippen molar-refractivity contribution in [3.05, 3.63) is 0 Å². The van der Waals surface area contributed by atoms with Crippen molar-refractivity contribution in [2.45, 2.75) is 104 Å². The van der Waals surface area contributed by atoms with Crippen LogP contribution >= 0.6 is 11.8 Å². The zero-order valence-electron chi connectivity index (χ0n) is 14.6. The summed E-state index contributed by atoms with van der Waals surface area (Å²) < 4.78 is -0.361. The predicted molar refractivity (Wildman–Crippen MR) is 89.0 cm³/mol. The fourth-order valence-electron chi connectivity index (χ4n) is 2.64. The van der Waals surface area contributed by atoms with E-state index in [1.165, 1.54) is 57.8 Å². The van der Waals surface area contributed by atoms with E-state index >= 15 is 0 Å². The van der Waals surface area contributed by atoms with Gasteiger partial charge in [-0.2, -0.15) is 5.21 Å². The Balaban J connectivity index is 0. The van der Waals surface area contributed by atoms with E-state index in [9.17, 15) is 5.21 Å². The number of halogens is 2. The third-order valence-electron chi connectivity index (χ3n) is 4.34. The third-order valence-corrected chi connectivity index (χ3v) is 4.97. The lowest BCUT2D eigenvalue weighted by molar-refractivity contribution is -1.05. The summed E-state index contributed by atoms with van der Waals surface area (Å²) in [5.74, 6) is 0. The summed E-state index contributed by atoms with van der Waals surface area (Å²) in [5.41, 5.74) is -0.251. The number of hydrogen-bond donors (Lipinski definition) is 1. The number of unbranched alkanes of at least 4 members (excludes halogenated alkanes) is 8. The van der Waals surface area contributed by atoms with E-state index in [0.717, 1.165) is 12.8 Å². The fraction of sp³-hybridized carbons (Fsp3) is 1.00. The maximum absolute atomic E-state index is 10.3. The topological polar surface area (TPSA) is 20.2 Å². The van der Waals surface area contributed by atoms with E-state index in [2.05, 4.69) is 27.7 Å². The van der Waals surface area contributed by atoms with Crippen molar-refractivity contribution in [2.24, 2.45) is 0 Å². The number of hydrogen-bond acceptors (Lipinski definition) is 1. The molecule has 0 aromatic carbocycles. The minimum atomic E-state index is -0.361. The summed E-state index contributed by atoms with van der Waals surface area (Å²) in [6.45, 7) is 9.07. The van der Waals surface area contributed by atoms with Gasteiger partial charge < -0.3 is 12.4 Å². The molecule has 0 radical (unpaired) electrons. The Kier molecular flexibility index (Phi) is 14.7. The number of quaternary nitrogens is 1. The van der Waals surface area contributed by atoms with Crippen LogP contribution in [0, 0.1) is 0 Å². The molecule has 0 aliphatic rings. The van der Waals surface area contributed by atoms with Gasteiger partial charge in [0.15, 0.2) is 0 Å². The molecule has 0 spiro atoms. The van der Waals surface area contributed by atoms with Crippen LogP contribution in [0.15, 0.2) is 0 Å². The highest BCUT2D eigenvalue weighted by Crippen LogP contribution is 2.31. The van der Waals surface area contributed by atoms with Crippen LogP contribution in [0.25, 0.3) is 0 Å². The lowest BCUT2D eigenvalue weighted by atomic mass is 9.95. The summed E-state index contributed by atoms with van der Waals surface area (Å²) >= 11 is 6.23. The van der Waals surface area contributed by atoms with Crippen molar-refractivity contribution in [2.75, 3.05) is 6.54 Å². The molecule has 0 aromatic heterocycles. The molecule has 0 aromatic rings. The van der Waals surface area contributed by atoms with Gasteiger partial charge in [-0.3, -0.25) is 0 Å². The predicted octanol–water partition coefficient (Wildman–Crippen LogP) is 3.46. The second-order valence-corrected chi connectivity index (χ2v) is 7.35. The maximum atomic E-state index is 10.3. The molecule has 1 unspecified atom stereocenters. The van der Waals surface area contributed by atoms with E-state index in [1.54, 1.807) is 0 Å². The molecule has 4 heteroatoms. The van der Waals surface area contributed by atoms with Crippen LogP contribution in [0.3, 0.4) is 0 Å². The maximum Gasteiger partial charge on any atom is 0.205 e. The van der Waals surface area contributed by atoms with Crippen molar-refractivity contribution >= 4 is 11.8 Å². The van der Waals surface area contributed by atoms with Crippen molar-refractivity contribution in [1.82, 2.24) is 0 Å². The molecule has 1 atom stereocenters. The first-order chi connectivity index (χ1) is 9.37. The van der Waals surface area contributed by atoms with E-state index in [0.29, 0.717) is 6.54 Å². The summed E-state index contributed by atoms with van der Waals surface area (Å²) in [4.78, 5) is 0. The Bertz CT molecular complexity index is 233. The molecular formula is C17H37Cl2NO. The molecule has 1 N–H and O–H groups in total. The lowest BCUT2D eigenvalue weighted by Gasteiger charge is -2.36. The second kappa shape index (κ2) is 13.0. The van der Waals surface area contributed by atoms with Crippen LogP contribution in [0.2, 0.25) is 0 Å². The van der Waals surface area contributed by atoms with Gasteiger partial charge in [-0.25, -0.2) is 0 Å². The van der Waals surface area contributed by atoms with E-state index in [-0.39, 0.29) is 22.1 Å². The molecule has 21 heavy (non-hydrogen) atoms. The molecule has 0 heterocycles. The minimum absolute atomic E-state index is 0. The molecular weight excluding hydrogens is 305 g/mol. The molecule has 0 fully saturated rings. The highest BCUT2D eigenvalue weighted by atomic mass is 35.5. The SMILES string of the molecule is CCCCCCCCCCCC(C)(C)[N+](O)(Cl)CCC.[Cl-]. The average molecular weight is 342 g/mol. The molecule has 2 nitrogen and oxygen atoms in total. The molecule has 0 rings (SSSR count). The average Bonchev–Trinajstić information content (AvgIpc) is 2.36. The zero-order chi connectivity index (χ0) is 15.5. The Labute approximate surface area is 144 Å². The monoisotopic (exact) mass is 341 g/mol. The van der Waals surface area contributed by atoms with E-state index in [1.807, 2.05) is 0 Å². The van der Waals surface area contributed by atoms with Crippen LogP contribution in [0.5, 0.6) is 0 Å². The first-order valence-corrected chi connectivity index (χ1v) is 9.01. The summed E-state index contributed by atoms with van der Waals surface area (Å²) in [6.07, 6.45) is 13.9. The van der Waals surface area contributed by atoms with Gasteiger partial charge in [-0.15, -0.1) is 0 Å². The van der Waals surface area contributed by atoms with Crippen LogP contribution in [-0.2, 0) is 0 Å². The highest BCUT2D eigenvalue weighted by molar-refractivity contribution is 6.06. The van der Waals surface area contributed by atoms with Gasteiger partial charge in [0.1, 0.15) is 12.1 Å². The van der Waals surface area contributed by atoms with Crippen LogP contribution < -0.4 is 12.4 Å². The van der Waals surface area contributed by atoms with Gasteiger partial charge >= 0.3 is 0 Å². The standard InChI is InChI=1S/C17H37ClNO.ClH/c1-5-7-8-9-10-11-12-13-14-15-17(3,4)19(18,20)16-6-2;/h20H,5-16H2,1-4H3;1H/q+1;/p-1. The molecule has 0 bridgehead atoms. The first-order valence-electron chi connectivity index (χ1n) is 8.68. The largest absolute Gasteiger partial charge is 1.00 e. The molecule has 0 saturated heterocycles. The second-order valence-electron chi connectivity index (χ2n) is 6.79. The van der Waals surface area contributed by atoms with Gasteiger partial charge in [-0.05, 0) is 26.7 Å². The van der Waals surface area contributed by atoms with Gasteiger partial charge in [0, 0.05) is 6.42 Å².